The molecule has 1 aromatic carbocycles. The van der Waals surface area contributed by atoms with Gasteiger partial charge in [-0.15, -0.1) is 10.2 Å². The van der Waals surface area contributed by atoms with Gasteiger partial charge in [-0.05, 0) is 111 Å². The van der Waals surface area contributed by atoms with E-state index in [9.17, 15) is 14.9 Å². The number of carbonyl (C=O) groups is 2. The van der Waals surface area contributed by atoms with Crippen LogP contribution in [-0.4, -0.2) is 73.9 Å². The molecule has 2 saturated heterocycles. The second kappa shape index (κ2) is 14.2. The van der Waals surface area contributed by atoms with Gasteiger partial charge < -0.3 is 10.1 Å². The number of fused-ring (bicyclic) bond motifs is 5. The summed E-state index contributed by atoms with van der Waals surface area (Å²) >= 11 is 1.74. The van der Waals surface area contributed by atoms with Crippen molar-refractivity contribution in [2.45, 2.75) is 94.5 Å². The normalized spacial score (nSPS) is 25.5. The van der Waals surface area contributed by atoms with Crippen LogP contribution in [0.3, 0.4) is 0 Å². The van der Waals surface area contributed by atoms with E-state index in [0.717, 1.165) is 115 Å². The molecule has 5 aromatic rings. The predicted molar refractivity (Wildman–Crippen MR) is 212 cm³/mol. The number of hydrogen-bond acceptors (Lipinski definition) is 11. The van der Waals surface area contributed by atoms with Gasteiger partial charge in [-0.25, -0.2) is 4.52 Å². The number of amides is 2. The zero-order valence-electron chi connectivity index (χ0n) is 31.4. The van der Waals surface area contributed by atoms with E-state index in [4.69, 9.17) is 19.9 Å². The van der Waals surface area contributed by atoms with E-state index in [0.29, 0.717) is 23.8 Å². The lowest BCUT2D eigenvalue weighted by Crippen LogP contribution is -2.50. The highest BCUT2D eigenvalue weighted by Gasteiger charge is 2.51. The summed E-state index contributed by atoms with van der Waals surface area (Å²) in [5.74, 6) is -0.558. The van der Waals surface area contributed by atoms with Crippen molar-refractivity contribution in [1.29, 1.82) is 5.26 Å². The molecule has 7 heterocycles. The number of aromatic nitrogens is 5. The van der Waals surface area contributed by atoms with Crippen LogP contribution in [0.25, 0.3) is 27.5 Å². The standard InChI is InChI=1S/C43H45N9O3S/c44-22-27-19-32-3-5-37(52(32)46-23-27)36-21-35(47-31-8-17-55-18-9-31)34(24-45-36)40-49-50-41(56-40)43-13-10-42(11-14-43,12-15-43)26-51-16-7-28-20-29(1-2-30(28)25-51)33-4-6-38(53)48-39(33)54/h1-3,5,19-21,23-24,31,33H,4,6-18,25-26H2,(H,45,47)(H,48,53,54)/t33-,42?,43?/m0/s1. The highest BCUT2D eigenvalue weighted by atomic mass is 32.1. The van der Waals surface area contributed by atoms with Crippen LogP contribution in [0.4, 0.5) is 5.69 Å². The van der Waals surface area contributed by atoms with Crippen LogP contribution in [0.1, 0.15) is 97.4 Å². The molecule has 13 heteroatoms. The van der Waals surface area contributed by atoms with E-state index in [2.05, 4.69) is 51.0 Å². The lowest BCUT2D eigenvalue weighted by molar-refractivity contribution is -0.134. The van der Waals surface area contributed by atoms with Crippen LogP contribution < -0.4 is 10.6 Å². The molecule has 5 fully saturated rings. The maximum atomic E-state index is 12.5. The average molecular weight is 768 g/mol. The molecule has 4 aromatic heterocycles. The molecule has 0 unspecified atom stereocenters. The Morgan fingerprint density at radius 2 is 1.79 bits per heavy atom. The molecule has 0 radical (unpaired) electrons. The molecule has 2 bridgehead atoms. The molecule has 11 rings (SSSR count). The number of ether oxygens (including phenoxy) is 1. The van der Waals surface area contributed by atoms with Crippen molar-refractivity contribution < 1.29 is 14.3 Å². The first kappa shape index (κ1) is 35.4. The van der Waals surface area contributed by atoms with Crippen LogP contribution in [0.5, 0.6) is 0 Å². The topological polar surface area (TPSA) is 150 Å². The largest absolute Gasteiger partial charge is 0.381 e. The summed E-state index contributed by atoms with van der Waals surface area (Å²) in [5.41, 5.74) is 9.18. The van der Waals surface area contributed by atoms with Gasteiger partial charge >= 0.3 is 0 Å². The molecule has 2 N–H and O–H groups in total. The fourth-order valence-corrected chi connectivity index (χ4v) is 11.2. The van der Waals surface area contributed by atoms with Gasteiger partial charge in [-0.1, -0.05) is 29.5 Å². The van der Waals surface area contributed by atoms with Crippen molar-refractivity contribution in [3.05, 3.63) is 82.1 Å². The van der Waals surface area contributed by atoms with Gasteiger partial charge in [0.05, 0.1) is 40.1 Å². The minimum atomic E-state index is -0.230. The number of piperidine rings is 1. The van der Waals surface area contributed by atoms with Gasteiger partial charge in [0.15, 0.2) is 5.01 Å². The van der Waals surface area contributed by atoms with Crippen molar-refractivity contribution in [2.24, 2.45) is 5.41 Å². The zero-order chi connectivity index (χ0) is 37.9. The first-order valence-corrected chi connectivity index (χ1v) is 20.9. The Hall–Kier alpha value is -5.03. The number of pyridine rings is 1. The molecular formula is C43H45N9O3S. The summed E-state index contributed by atoms with van der Waals surface area (Å²) in [6.45, 7) is 4.60. The number of anilines is 1. The summed E-state index contributed by atoms with van der Waals surface area (Å²) in [7, 11) is 0. The van der Waals surface area contributed by atoms with Crippen molar-refractivity contribution in [2.75, 3.05) is 31.6 Å². The molecule has 2 amide bonds. The van der Waals surface area contributed by atoms with Crippen molar-refractivity contribution in [3.63, 3.8) is 0 Å². The Morgan fingerprint density at radius 1 is 0.946 bits per heavy atom. The second-order valence-electron chi connectivity index (χ2n) is 16.7. The third-order valence-electron chi connectivity index (χ3n) is 13.4. The van der Waals surface area contributed by atoms with E-state index in [1.165, 1.54) is 30.4 Å². The number of carbonyl (C=O) groups excluding carboxylic acids is 2. The van der Waals surface area contributed by atoms with Crippen LogP contribution >= 0.6 is 11.3 Å². The van der Waals surface area contributed by atoms with Gasteiger partial charge in [0.1, 0.15) is 11.1 Å². The first-order valence-electron chi connectivity index (χ1n) is 20.1. The maximum absolute atomic E-state index is 12.5. The second-order valence-corrected chi connectivity index (χ2v) is 17.7. The van der Waals surface area contributed by atoms with Gasteiger partial charge in [0, 0.05) is 62.6 Å². The predicted octanol–water partition coefficient (Wildman–Crippen LogP) is 6.55. The van der Waals surface area contributed by atoms with Crippen molar-refractivity contribution in [1.82, 2.24) is 35.0 Å². The fraction of sp³-hybridized carbons (Fsp3) is 0.465. The Kier molecular flexibility index (Phi) is 8.95. The number of nitriles is 1. The average Bonchev–Trinajstić information content (AvgIpc) is 3.90. The molecule has 6 aliphatic rings. The number of imide groups is 1. The van der Waals surface area contributed by atoms with E-state index < -0.39 is 0 Å². The van der Waals surface area contributed by atoms with E-state index in [1.807, 2.05) is 28.9 Å². The quantitative estimate of drug-likeness (QED) is 0.167. The van der Waals surface area contributed by atoms with E-state index in [-0.39, 0.29) is 29.2 Å². The molecule has 286 valence electrons. The van der Waals surface area contributed by atoms with Crippen molar-refractivity contribution >= 4 is 34.4 Å². The van der Waals surface area contributed by atoms with Crippen molar-refractivity contribution in [3.8, 4) is 28.0 Å². The molecular weight excluding hydrogens is 723 g/mol. The molecule has 3 saturated carbocycles. The minimum Gasteiger partial charge on any atom is -0.381 e. The molecule has 0 spiro atoms. The molecule has 12 nitrogen and oxygen atoms in total. The number of nitrogens with zero attached hydrogens (tertiary/aromatic N) is 7. The third-order valence-corrected chi connectivity index (χ3v) is 14.6. The summed E-state index contributed by atoms with van der Waals surface area (Å²) in [6.07, 6.45) is 14.5. The Morgan fingerprint density at radius 3 is 2.59 bits per heavy atom. The molecule has 3 aliphatic heterocycles. The summed E-state index contributed by atoms with van der Waals surface area (Å²) in [4.78, 5) is 31.8. The minimum absolute atomic E-state index is 0.0824. The molecule has 1 atom stereocenters. The fourth-order valence-electron chi connectivity index (χ4n) is 10.0. The van der Waals surface area contributed by atoms with Gasteiger partial charge in [0.25, 0.3) is 0 Å². The van der Waals surface area contributed by atoms with E-state index >= 15 is 0 Å². The summed E-state index contributed by atoms with van der Waals surface area (Å²) < 4.78 is 7.50. The Balaban J connectivity index is 0.840. The number of benzene rings is 1. The third kappa shape index (κ3) is 6.47. The lowest BCUT2D eigenvalue weighted by atomic mass is 9.53. The highest BCUT2D eigenvalue weighted by Crippen LogP contribution is 2.59. The maximum Gasteiger partial charge on any atom is 0.234 e. The summed E-state index contributed by atoms with van der Waals surface area (Å²) in [5, 5.41) is 32.0. The van der Waals surface area contributed by atoms with Gasteiger partial charge in [-0.2, -0.15) is 10.4 Å². The van der Waals surface area contributed by atoms with Crippen LogP contribution in [-0.2, 0) is 32.7 Å². The van der Waals surface area contributed by atoms with Crippen LogP contribution in [0, 0.1) is 16.7 Å². The summed E-state index contributed by atoms with van der Waals surface area (Å²) in [6, 6.07) is 16.9. The molecule has 56 heavy (non-hydrogen) atoms. The lowest BCUT2D eigenvalue weighted by Gasteiger charge is -2.54. The SMILES string of the molecule is N#Cc1cnn2c(-c3cc(NC4CCOCC4)c(-c4nnc(C56CCC(CN7CCc8cc([C@@H]9CCC(=O)NC9=O)ccc8C7)(CC5)CC6)s4)cn3)ccc2c1. The van der Waals surface area contributed by atoms with E-state index in [1.54, 1.807) is 17.5 Å². The van der Waals surface area contributed by atoms with Crippen LogP contribution in [0.15, 0.2) is 54.9 Å². The van der Waals surface area contributed by atoms with Crippen LogP contribution in [0.2, 0.25) is 0 Å². The number of nitrogens with one attached hydrogen (secondary N) is 2. The number of hydrogen-bond donors (Lipinski definition) is 2. The smallest absolute Gasteiger partial charge is 0.234 e. The zero-order valence-corrected chi connectivity index (χ0v) is 32.2. The monoisotopic (exact) mass is 767 g/mol. The Labute approximate surface area is 329 Å². The van der Waals surface area contributed by atoms with Gasteiger partial charge in [-0.3, -0.25) is 24.8 Å². The first-order chi connectivity index (χ1) is 27.4. The highest BCUT2D eigenvalue weighted by molar-refractivity contribution is 7.14. The number of rotatable bonds is 8. The Bertz CT molecular complexity index is 2370. The molecule has 3 aliphatic carbocycles. The van der Waals surface area contributed by atoms with Gasteiger partial charge in [0.2, 0.25) is 11.8 Å².